The van der Waals surface area contributed by atoms with Crippen LogP contribution in [0.15, 0.2) is 31.0 Å². The minimum absolute atomic E-state index is 0.0154. The highest BCUT2D eigenvalue weighted by molar-refractivity contribution is 5.76. The average molecular weight is 273 g/mol. The summed E-state index contributed by atoms with van der Waals surface area (Å²) in [6.07, 6.45) is 5.98. The first-order chi connectivity index (χ1) is 9.65. The summed E-state index contributed by atoms with van der Waals surface area (Å²) >= 11 is 0. The van der Waals surface area contributed by atoms with E-state index >= 15 is 0 Å². The Kier molecular flexibility index (Phi) is 4.81. The third-order valence-electron chi connectivity index (χ3n) is 3.06. The lowest BCUT2D eigenvalue weighted by molar-refractivity contribution is -0.121. The zero-order valence-corrected chi connectivity index (χ0v) is 11.8. The molecular weight excluding hydrogens is 254 g/mol. The molecule has 2 aromatic rings. The lowest BCUT2D eigenvalue weighted by Crippen LogP contribution is -2.34. The molecule has 2 rings (SSSR count). The Hall–Kier alpha value is -2.24. The van der Waals surface area contributed by atoms with Crippen LogP contribution in [0.1, 0.15) is 24.6 Å². The van der Waals surface area contributed by atoms with Crippen molar-refractivity contribution < 1.29 is 4.79 Å². The van der Waals surface area contributed by atoms with E-state index in [0.29, 0.717) is 13.0 Å². The highest BCUT2D eigenvalue weighted by Gasteiger charge is 2.10. The zero-order chi connectivity index (χ0) is 14.4. The van der Waals surface area contributed by atoms with E-state index in [4.69, 9.17) is 0 Å². The maximum atomic E-state index is 11.8. The summed E-state index contributed by atoms with van der Waals surface area (Å²) in [5, 5.41) is 6.94. The smallest absolute Gasteiger partial charge is 0.222 e. The minimum Gasteiger partial charge on any atom is -0.353 e. The monoisotopic (exact) mass is 273 g/mol. The van der Waals surface area contributed by atoms with Gasteiger partial charge in [0.1, 0.15) is 12.7 Å². The van der Waals surface area contributed by atoms with Gasteiger partial charge in [-0.25, -0.2) is 4.98 Å². The fourth-order valence-electron chi connectivity index (χ4n) is 1.98. The van der Waals surface area contributed by atoms with Gasteiger partial charge in [0, 0.05) is 30.8 Å². The van der Waals surface area contributed by atoms with Crippen LogP contribution in [0.4, 0.5) is 0 Å². The molecule has 1 amide bonds. The van der Waals surface area contributed by atoms with Crippen LogP contribution in [0.5, 0.6) is 0 Å². The predicted octanol–water partition coefficient (Wildman–Crippen LogP) is 1.12. The minimum atomic E-state index is 0.0154. The Bertz CT molecular complexity index is 552. The van der Waals surface area contributed by atoms with Crippen LogP contribution in [0.2, 0.25) is 0 Å². The number of pyridine rings is 1. The molecule has 0 fully saturated rings. The van der Waals surface area contributed by atoms with Gasteiger partial charge < -0.3 is 5.32 Å². The van der Waals surface area contributed by atoms with Crippen LogP contribution in [0, 0.1) is 6.92 Å². The Morgan fingerprint density at radius 2 is 2.35 bits per heavy atom. The van der Waals surface area contributed by atoms with Gasteiger partial charge in [-0.3, -0.25) is 14.5 Å². The number of carbonyl (C=O) groups is 1. The van der Waals surface area contributed by atoms with Gasteiger partial charge in [0.15, 0.2) is 0 Å². The third kappa shape index (κ3) is 4.15. The van der Waals surface area contributed by atoms with Gasteiger partial charge in [-0.15, -0.1) is 0 Å². The van der Waals surface area contributed by atoms with Crippen molar-refractivity contribution in [2.24, 2.45) is 0 Å². The number of aryl methyl sites for hydroxylation is 2. The maximum absolute atomic E-state index is 11.8. The molecule has 2 heterocycles. The molecule has 6 nitrogen and oxygen atoms in total. The van der Waals surface area contributed by atoms with Crippen molar-refractivity contribution in [1.29, 1.82) is 0 Å². The van der Waals surface area contributed by atoms with E-state index < -0.39 is 0 Å². The summed E-state index contributed by atoms with van der Waals surface area (Å²) in [6, 6.07) is 4.01. The Balaban J connectivity index is 1.78. The van der Waals surface area contributed by atoms with Crippen molar-refractivity contribution >= 4 is 5.91 Å². The quantitative estimate of drug-likeness (QED) is 0.856. The lowest BCUT2D eigenvalue weighted by Gasteiger charge is -2.14. The average Bonchev–Trinajstić information content (AvgIpc) is 2.92. The summed E-state index contributed by atoms with van der Waals surface area (Å²) < 4.78 is 1.65. The molecule has 0 radical (unpaired) electrons. The van der Waals surface area contributed by atoms with E-state index in [0.717, 1.165) is 17.7 Å². The first-order valence-electron chi connectivity index (χ1n) is 6.67. The fourth-order valence-corrected chi connectivity index (χ4v) is 1.98. The SMILES string of the molecule is Cc1cccnc1C[C@@H](C)NC(=O)CCn1cncn1. The molecule has 0 saturated carbocycles. The summed E-state index contributed by atoms with van der Waals surface area (Å²) in [5.74, 6) is 0.0154. The van der Waals surface area contributed by atoms with Crippen molar-refractivity contribution in [2.75, 3.05) is 0 Å². The first kappa shape index (κ1) is 14.2. The standard InChI is InChI=1S/C14H19N5O/c1-11-4-3-6-16-13(11)8-12(2)18-14(20)5-7-19-10-15-9-17-19/h3-4,6,9-10,12H,5,7-8H2,1-2H3,(H,18,20)/t12-/m1/s1. The number of hydrogen-bond donors (Lipinski definition) is 1. The van der Waals surface area contributed by atoms with Gasteiger partial charge in [-0.2, -0.15) is 5.10 Å². The molecule has 106 valence electrons. The fraction of sp³-hybridized carbons (Fsp3) is 0.429. The Morgan fingerprint density at radius 1 is 1.50 bits per heavy atom. The number of carbonyl (C=O) groups excluding carboxylic acids is 1. The van der Waals surface area contributed by atoms with Crippen LogP contribution >= 0.6 is 0 Å². The molecule has 6 heteroatoms. The van der Waals surface area contributed by atoms with E-state index in [-0.39, 0.29) is 11.9 Å². The summed E-state index contributed by atoms with van der Waals surface area (Å²) in [4.78, 5) is 20.0. The molecule has 2 aromatic heterocycles. The highest BCUT2D eigenvalue weighted by Crippen LogP contribution is 2.06. The molecule has 0 aromatic carbocycles. The summed E-state index contributed by atoms with van der Waals surface area (Å²) in [6.45, 7) is 4.56. The molecule has 1 atom stereocenters. The van der Waals surface area contributed by atoms with Gasteiger partial charge in [0.25, 0.3) is 0 Å². The molecule has 0 bridgehead atoms. The molecular formula is C14H19N5O. The second-order valence-electron chi connectivity index (χ2n) is 4.85. The van der Waals surface area contributed by atoms with Gasteiger partial charge >= 0.3 is 0 Å². The van der Waals surface area contributed by atoms with Crippen molar-refractivity contribution in [3.8, 4) is 0 Å². The normalized spacial score (nSPS) is 12.1. The van der Waals surface area contributed by atoms with E-state index in [1.807, 2.05) is 26.0 Å². The van der Waals surface area contributed by atoms with Gasteiger partial charge in [0.05, 0.1) is 6.54 Å². The van der Waals surface area contributed by atoms with Gasteiger partial charge in [0.2, 0.25) is 5.91 Å². The number of amides is 1. The molecule has 20 heavy (non-hydrogen) atoms. The summed E-state index contributed by atoms with van der Waals surface area (Å²) in [7, 11) is 0. The molecule has 0 aliphatic rings. The molecule has 1 N–H and O–H groups in total. The van der Waals surface area contributed by atoms with Gasteiger partial charge in [-0.1, -0.05) is 6.07 Å². The van der Waals surface area contributed by atoms with Crippen LogP contribution in [0.3, 0.4) is 0 Å². The molecule has 0 spiro atoms. The van der Waals surface area contributed by atoms with Crippen molar-refractivity contribution in [1.82, 2.24) is 25.1 Å². The Morgan fingerprint density at radius 3 is 3.05 bits per heavy atom. The second kappa shape index (κ2) is 6.79. The largest absolute Gasteiger partial charge is 0.353 e. The van der Waals surface area contributed by atoms with E-state index in [1.54, 1.807) is 17.2 Å². The van der Waals surface area contributed by atoms with E-state index in [2.05, 4.69) is 20.4 Å². The second-order valence-corrected chi connectivity index (χ2v) is 4.85. The molecule has 0 aliphatic heterocycles. The molecule has 0 unspecified atom stereocenters. The number of aromatic nitrogens is 4. The Labute approximate surface area is 118 Å². The van der Waals surface area contributed by atoms with Crippen LogP contribution in [-0.2, 0) is 17.8 Å². The van der Waals surface area contributed by atoms with Crippen molar-refractivity contribution in [3.05, 3.63) is 42.2 Å². The third-order valence-corrected chi connectivity index (χ3v) is 3.06. The lowest BCUT2D eigenvalue weighted by atomic mass is 10.1. The zero-order valence-electron chi connectivity index (χ0n) is 11.8. The molecule has 0 saturated heterocycles. The van der Waals surface area contributed by atoms with Crippen LogP contribution in [-0.4, -0.2) is 31.7 Å². The predicted molar refractivity (Wildman–Crippen MR) is 74.9 cm³/mol. The topological polar surface area (TPSA) is 72.7 Å². The number of hydrogen-bond acceptors (Lipinski definition) is 4. The van der Waals surface area contributed by atoms with Gasteiger partial charge in [-0.05, 0) is 25.5 Å². The van der Waals surface area contributed by atoms with Crippen molar-refractivity contribution in [3.63, 3.8) is 0 Å². The number of rotatable bonds is 6. The van der Waals surface area contributed by atoms with Crippen molar-refractivity contribution in [2.45, 2.75) is 39.3 Å². The number of nitrogens with one attached hydrogen (secondary N) is 1. The van der Waals surface area contributed by atoms with Crippen LogP contribution in [0.25, 0.3) is 0 Å². The molecule has 0 aliphatic carbocycles. The van der Waals surface area contributed by atoms with Crippen LogP contribution < -0.4 is 5.32 Å². The number of nitrogens with zero attached hydrogens (tertiary/aromatic N) is 4. The first-order valence-corrected chi connectivity index (χ1v) is 6.67. The maximum Gasteiger partial charge on any atom is 0.222 e. The summed E-state index contributed by atoms with van der Waals surface area (Å²) in [5.41, 5.74) is 2.17. The highest BCUT2D eigenvalue weighted by atomic mass is 16.1. The van der Waals surface area contributed by atoms with E-state index in [1.165, 1.54) is 6.33 Å². The van der Waals surface area contributed by atoms with E-state index in [9.17, 15) is 4.79 Å².